The van der Waals surface area contributed by atoms with Crippen molar-refractivity contribution < 1.29 is 13.9 Å². The summed E-state index contributed by atoms with van der Waals surface area (Å²) < 4.78 is 25.1. The van der Waals surface area contributed by atoms with Gasteiger partial charge in [-0.3, -0.25) is 0 Å². The smallest absolute Gasteiger partial charge is 0.255 e. The molecular weight excluding hydrogens is 240 g/mol. The average molecular weight is 259 g/mol. The Morgan fingerprint density at radius 3 is 2.78 bits per heavy atom. The molecule has 102 valence electrons. The van der Waals surface area contributed by atoms with Crippen molar-refractivity contribution >= 4 is 5.82 Å². The molecule has 18 heavy (non-hydrogen) atoms. The van der Waals surface area contributed by atoms with Gasteiger partial charge < -0.3 is 15.3 Å². The third kappa shape index (κ3) is 3.89. The number of hydrogen-bond donors (Lipinski definition) is 2. The summed E-state index contributed by atoms with van der Waals surface area (Å²) >= 11 is 0. The van der Waals surface area contributed by atoms with Crippen molar-refractivity contribution in [3.05, 3.63) is 23.9 Å². The summed E-state index contributed by atoms with van der Waals surface area (Å²) in [5.74, 6) is 0.494. The van der Waals surface area contributed by atoms with Gasteiger partial charge >= 0.3 is 0 Å². The fourth-order valence-corrected chi connectivity index (χ4v) is 1.74. The Labute approximate surface area is 106 Å². The molecule has 0 saturated heterocycles. The lowest BCUT2D eigenvalue weighted by Crippen LogP contribution is -2.34. The van der Waals surface area contributed by atoms with Crippen LogP contribution in [0.1, 0.15) is 18.5 Å². The molecule has 0 spiro atoms. The van der Waals surface area contributed by atoms with Crippen molar-refractivity contribution in [2.24, 2.45) is 0 Å². The molecule has 1 rings (SSSR count). The molecule has 0 radical (unpaired) electrons. The third-order valence-corrected chi connectivity index (χ3v) is 2.74. The summed E-state index contributed by atoms with van der Waals surface area (Å²) in [4.78, 5) is 5.57. The summed E-state index contributed by atoms with van der Waals surface area (Å²) in [6.45, 7) is 1.46. The quantitative estimate of drug-likeness (QED) is 0.777. The molecule has 1 atom stereocenters. The first-order valence-electron chi connectivity index (χ1n) is 5.86. The van der Waals surface area contributed by atoms with Gasteiger partial charge in [-0.25, -0.2) is 13.8 Å². The van der Waals surface area contributed by atoms with Gasteiger partial charge in [0.1, 0.15) is 5.82 Å². The first-order valence-corrected chi connectivity index (χ1v) is 5.86. The number of aromatic nitrogens is 1. The third-order valence-electron chi connectivity index (χ3n) is 2.74. The highest BCUT2D eigenvalue weighted by molar-refractivity contribution is 5.48. The van der Waals surface area contributed by atoms with Crippen LogP contribution in [-0.4, -0.2) is 43.3 Å². The van der Waals surface area contributed by atoms with Gasteiger partial charge in [0, 0.05) is 24.3 Å². The minimum atomic E-state index is -2.46. The molecule has 0 aromatic carbocycles. The van der Waals surface area contributed by atoms with Crippen LogP contribution in [0.3, 0.4) is 0 Å². The van der Waals surface area contributed by atoms with E-state index in [0.717, 1.165) is 5.56 Å². The SMILES string of the molecule is CNC(C)c1cccnc1N(CCO)CC(F)F. The highest BCUT2D eigenvalue weighted by atomic mass is 19.3. The summed E-state index contributed by atoms with van der Waals surface area (Å²) in [6, 6.07) is 3.62. The Balaban J connectivity index is 3.02. The second kappa shape index (κ2) is 7.23. The van der Waals surface area contributed by atoms with Crippen molar-refractivity contribution in [1.82, 2.24) is 10.3 Å². The minimum absolute atomic E-state index is 0.00700. The normalized spacial score (nSPS) is 12.8. The van der Waals surface area contributed by atoms with Crippen LogP contribution >= 0.6 is 0 Å². The number of halogens is 2. The second-order valence-electron chi connectivity index (χ2n) is 3.99. The predicted octanol–water partition coefficient (Wildman–Crippen LogP) is 1.43. The molecule has 0 saturated carbocycles. The van der Waals surface area contributed by atoms with Crippen LogP contribution in [0.2, 0.25) is 0 Å². The van der Waals surface area contributed by atoms with Gasteiger partial charge in [-0.05, 0) is 20.0 Å². The van der Waals surface area contributed by atoms with E-state index in [9.17, 15) is 8.78 Å². The Morgan fingerprint density at radius 2 is 2.22 bits per heavy atom. The van der Waals surface area contributed by atoms with E-state index in [2.05, 4.69) is 10.3 Å². The molecule has 1 heterocycles. The van der Waals surface area contributed by atoms with Crippen LogP contribution in [-0.2, 0) is 0 Å². The predicted molar refractivity (Wildman–Crippen MR) is 67.0 cm³/mol. The Bertz CT molecular complexity index is 363. The van der Waals surface area contributed by atoms with Crippen LogP contribution in [0.4, 0.5) is 14.6 Å². The Morgan fingerprint density at radius 1 is 1.50 bits per heavy atom. The van der Waals surface area contributed by atoms with Crippen LogP contribution in [0.25, 0.3) is 0 Å². The summed E-state index contributed by atoms with van der Waals surface area (Å²) in [5.41, 5.74) is 0.842. The fourth-order valence-electron chi connectivity index (χ4n) is 1.74. The number of nitrogens with one attached hydrogen (secondary N) is 1. The van der Waals surface area contributed by atoms with Crippen molar-refractivity contribution in [2.75, 3.05) is 31.6 Å². The van der Waals surface area contributed by atoms with E-state index in [0.29, 0.717) is 5.82 Å². The number of aliphatic hydroxyl groups excluding tert-OH is 1. The van der Waals surface area contributed by atoms with E-state index < -0.39 is 13.0 Å². The topological polar surface area (TPSA) is 48.4 Å². The number of aliphatic hydroxyl groups is 1. The molecule has 1 unspecified atom stereocenters. The van der Waals surface area contributed by atoms with Crippen LogP contribution in [0, 0.1) is 0 Å². The van der Waals surface area contributed by atoms with Gasteiger partial charge in [-0.1, -0.05) is 6.07 Å². The first-order chi connectivity index (χ1) is 8.60. The van der Waals surface area contributed by atoms with Crippen molar-refractivity contribution in [3.8, 4) is 0 Å². The Kier molecular flexibility index (Phi) is 5.94. The van der Waals surface area contributed by atoms with E-state index in [1.54, 1.807) is 19.3 Å². The first kappa shape index (κ1) is 14.8. The molecule has 6 heteroatoms. The van der Waals surface area contributed by atoms with E-state index in [-0.39, 0.29) is 19.2 Å². The number of rotatable bonds is 7. The maximum atomic E-state index is 12.5. The monoisotopic (exact) mass is 259 g/mol. The number of nitrogens with zero attached hydrogens (tertiary/aromatic N) is 2. The molecular formula is C12H19F2N3O. The molecule has 0 aliphatic carbocycles. The van der Waals surface area contributed by atoms with E-state index >= 15 is 0 Å². The molecule has 1 aromatic heterocycles. The maximum absolute atomic E-state index is 12.5. The zero-order chi connectivity index (χ0) is 13.5. The lowest BCUT2D eigenvalue weighted by molar-refractivity contribution is 0.152. The lowest BCUT2D eigenvalue weighted by Gasteiger charge is -2.26. The van der Waals surface area contributed by atoms with Gasteiger partial charge in [-0.2, -0.15) is 0 Å². The molecule has 0 bridgehead atoms. The van der Waals surface area contributed by atoms with E-state index in [4.69, 9.17) is 5.11 Å². The standard InChI is InChI=1S/C12H19F2N3O/c1-9(15-2)10-4-3-5-16-12(10)17(6-7-18)8-11(13)14/h3-5,9,11,15,18H,6-8H2,1-2H3. The second-order valence-corrected chi connectivity index (χ2v) is 3.99. The average Bonchev–Trinajstić information content (AvgIpc) is 2.37. The zero-order valence-corrected chi connectivity index (χ0v) is 10.6. The lowest BCUT2D eigenvalue weighted by atomic mass is 10.1. The van der Waals surface area contributed by atoms with E-state index in [1.807, 2.05) is 13.0 Å². The summed E-state index contributed by atoms with van der Waals surface area (Å²) in [5, 5.41) is 12.0. The minimum Gasteiger partial charge on any atom is -0.395 e. The number of hydrogen-bond acceptors (Lipinski definition) is 4. The summed E-state index contributed by atoms with van der Waals surface area (Å²) in [7, 11) is 1.80. The van der Waals surface area contributed by atoms with E-state index in [1.165, 1.54) is 4.90 Å². The zero-order valence-electron chi connectivity index (χ0n) is 10.6. The van der Waals surface area contributed by atoms with Crippen LogP contribution in [0.5, 0.6) is 0 Å². The number of pyridine rings is 1. The molecule has 0 fully saturated rings. The van der Waals surface area contributed by atoms with Crippen molar-refractivity contribution in [1.29, 1.82) is 0 Å². The van der Waals surface area contributed by atoms with Gasteiger partial charge in [0.2, 0.25) is 0 Å². The molecule has 2 N–H and O–H groups in total. The summed E-state index contributed by atoms with van der Waals surface area (Å²) in [6.07, 6.45) is -0.895. The maximum Gasteiger partial charge on any atom is 0.255 e. The largest absolute Gasteiger partial charge is 0.395 e. The Hall–Kier alpha value is -1.27. The van der Waals surface area contributed by atoms with Gasteiger partial charge in [0.15, 0.2) is 0 Å². The van der Waals surface area contributed by atoms with Gasteiger partial charge in [0.25, 0.3) is 6.43 Å². The van der Waals surface area contributed by atoms with Crippen LogP contribution in [0.15, 0.2) is 18.3 Å². The molecule has 1 aromatic rings. The van der Waals surface area contributed by atoms with Gasteiger partial charge in [0.05, 0.1) is 13.2 Å². The van der Waals surface area contributed by atoms with Crippen molar-refractivity contribution in [3.63, 3.8) is 0 Å². The van der Waals surface area contributed by atoms with Gasteiger partial charge in [-0.15, -0.1) is 0 Å². The van der Waals surface area contributed by atoms with Crippen molar-refractivity contribution in [2.45, 2.75) is 19.4 Å². The number of anilines is 1. The number of alkyl halides is 2. The highest BCUT2D eigenvalue weighted by Crippen LogP contribution is 2.23. The molecule has 0 amide bonds. The highest BCUT2D eigenvalue weighted by Gasteiger charge is 2.18. The molecule has 0 aliphatic rings. The molecule has 4 nitrogen and oxygen atoms in total. The van der Waals surface area contributed by atoms with Crippen LogP contribution < -0.4 is 10.2 Å². The molecule has 0 aliphatic heterocycles. The fraction of sp³-hybridized carbons (Fsp3) is 0.583.